The van der Waals surface area contributed by atoms with E-state index in [2.05, 4.69) is 0 Å². The van der Waals surface area contributed by atoms with Gasteiger partial charge in [-0.15, -0.1) is 0 Å². The van der Waals surface area contributed by atoms with Crippen LogP contribution in [0.5, 0.6) is 11.5 Å². The van der Waals surface area contributed by atoms with Gasteiger partial charge in [0.05, 0.1) is 36.3 Å². The number of ketones is 1. The summed E-state index contributed by atoms with van der Waals surface area (Å²) in [5, 5.41) is 18.9. The number of aliphatic hydroxyl groups is 2. The fourth-order valence-electron chi connectivity index (χ4n) is 8.27. The number of Topliss-reactive ketones (excluding diaryl/α,β-unsaturated/α-hetero) is 1. The van der Waals surface area contributed by atoms with Gasteiger partial charge < -0.3 is 66.8 Å². The van der Waals surface area contributed by atoms with Gasteiger partial charge in [0.1, 0.15) is 42.5 Å². The van der Waals surface area contributed by atoms with E-state index in [4.69, 9.17) is 33.5 Å². The van der Waals surface area contributed by atoms with Gasteiger partial charge in [0, 0.05) is 63.2 Å². The van der Waals surface area contributed by atoms with Crippen molar-refractivity contribution >= 4 is 87.8 Å². The number of nitrogens with zero attached hydrogens (tertiary/aromatic N) is 4. The van der Waals surface area contributed by atoms with Crippen molar-refractivity contribution in [1.29, 1.82) is 0 Å². The molecule has 2 aromatic carbocycles. The molecule has 0 bridgehead atoms. The maximum Gasteiger partial charge on any atom is 2.00 e. The summed E-state index contributed by atoms with van der Waals surface area (Å²) < 4.78 is 32.2. The second-order valence-corrected chi connectivity index (χ2v) is 20.4. The van der Waals surface area contributed by atoms with Crippen LogP contribution in [0.1, 0.15) is 102 Å². The number of ether oxygens (including phenoxy) is 6. The normalized spacial score (nSPS) is 20.8. The molecule has 398 valence electrons. The Kier molecular flexibility index (Phi) is 22.1. The molecule has 23 heteroatoms. The average Bonchev–Trinajstić information content (AvgIpc) is 3.79. The molecule has 4 heterocycles. The van der Waals surface area contributed by atoms with E-state index in [1.54, 1.807) is 97.0 Å². The number of aliphatic hydroxyl groups excluding tert-OH is 1. The van der Waals surface area contributed by atoms with Gasteiger partial charge in [0.2, 0.25) is 35.4 Å². The molecule has 4 saturated heterocycles. The van der Waals surface area contributed by atoms with Crippen molar-refractivity contribution in [3.05, 3.63) is 48.5 Å². The number of amides is 8. The number of halogens is 1. The van der Waals surface area contributed by atoms with Crippen molar-refractivity contribution in [3.8, 4) is 11.5 Å². The van der Waals surface area contributed by atoms with Gasteiger partial charge in [-0.1, -0.05) is 0 Å². The zero-order valence-electron chi connectivity index (χ0n) is 43.8. The summed E-state index contributed by atoms with van der Waals surface area (Å²) >= 11 is 0. The molecule has 4 aliphatic rings. The van der Waals surface area contributed by atoms with E-state index in [1.165, 1.54) is 16.7 Å². The molecule has 6 rings (SSSR count). The number of piperidine rings is 2. The standard InChI is InChI=1S/C26H36N2O9.C24H30N2O8.BrH.Mg.H/c1-24(2,3)37-23(33)28-20(30)9-10-26(22(28)32)15-21(31)27(16-26)18-5-7-19(8-6-18)36-14-13-35-17-25(4,34)11-12-29;1-16(27)14-32-11-12-33-18-7-5-17(6-8-18)25-15-24(13-20(25)29)10-9-19(28)26(21(24)30)22(31)34-23(2,3)4;;;/h5-8,29,34H,9-17H2,1-4H3;5-8H,9-15H2,1-4H3;1H;;/q;;;+2;-1/p-1. The third-order valence-corrected chi connectivity index (χ3v) is 11.8. The molecular formula is C50H67BrMgN4O17. The zero-order chi connectivity index (χ0) is 52.5. The number of benzene rings is 2. The first-order chi connectivity index (χ1) is 33.2. The minimum atomic E-state index is -1.17. The van der Waals surface area contributed by atoms with Crippen LogP contribution in [0, 0.1) is 10.8 Å². The molecule has 73 heavy (non-hydrogen) atoms. The van der Waals surface area contributed by atoms with Crippen LogP contribution in [0.15, 0.2) is 48.5 Å². The van der Waals surface area contributed by atoms with E-state index < -0.39 is 63.4 Å². The van der Waals surface area contributed by atoms with Gasteiger partial charge in [0.25, 0.3) is 0 Å². The summed E-state index contributed by atoms with van der Waals surface area (Å²) in [5.41, 5.74) is -4.04. The monoisotopic (exact) mass is 1100 g/mol. The predicted octanol–water partition coefficient (Wildman–Crippen LogP) is 1.24. The molecule has 0 aromatic heterocycles. The largest absolute Gasteiger partial charge is 2.00 e. The van der Waals surface area contributed by atoms with Crippen LogP contribution < -0.4 is 36.3 Å². The number of rotatable bonds is 16. The molecule has 21 nitrogen and oxygen atoms in total. The van der Waals surface area contributed by atoms with Gasteiger partial charge in [0.15, 0.2) is 5.78 Å². The first-order valence-electron chi connectivity index (χ1n) is 23.4. The molecule has 8 amide bonds. The maximum atomic E-state index is 13.3. The Morgan fingerprint density at radius 1 is 0.616 bits per heavy atom. The van der Waals surface area contributed by atoms with Crippen molar-refractivity contribution in [2.45, 2.75) is 117 Å². The van der Waals surface area contributed by atoms with Crippen LogP contribution >= 0.6 is 0 Å². The molecule has 2 N–H and O–H groups in total. The SMILES string of the molecule is CC(=O)COCCOc1ccc(N2CC3(CCC(=O)N(C(=O)OC(C)(C)C)C3=O)CC2=O)cc1.CC(O)(CCO)COCCOc1ccc(N2CC3(CCC(=O)N(C(=O)OC(C)(C)C)C3=O)CC2=O)cc1.[Br-].[H-].[Mg+2]. The molecule has 2 aromatic rings. The van der Waals surface area contributed by atoms with Crippen LogP contribution in [0.2, 0.25) is 0 Å². The number of anilines is 2. The van der Waals surface area contributed by atoms with Crippen LogP contribution in [0.3, 0.4) is 0 Å². The minimum absolute atomic E-state index is 0. The Labute approximate surface area is 452 Å². The summed E-state index contributed by atoms with van der Waals surface area (Å²) in [6, 6.07) is 13.6. The number of likely N-dealkylation sites (tertiary alicyclic amines) is 2. The summed E-state index contributed by atoms with van der Waals surface area (Å²) in [6.07, 6.45) is -1.70. The Morgan fingerprint density at radius 2 is 1.00 bits per heavy atom. The average molecular weight is 1100 g/mol. The smallest absolute Gasteiger partial charge is 1.00 e. The van der Waals surface area contributed by atoms with Gasteiger partial charge in [-0.05, 0) is 117 Å². The predicted molar refractivity (Wildman–Crippen MR) is 259 cm³/mol. The van der Waals surface area contributed by atoms with E-state index in [1.807, 2.05) is 0 Å². The quantitative estimate of drug-likeness (QED) is 0.136. The molecule has 0 radical (unpaired) electrons. The Hall–Kier alpha value is -5.04. The van der Waals surface area contributed by atoms with Gasteiger partial charge >= 0.3 is 35.2 Å². The van der Waals surface area contributed by atoms with E-state index in [0.717, 1.165) is 0 Å². The van der Waals surface area contributed by atoms with Crippen molar-refractivity contribution in [1.82, 2.24) is 9.80 Å². The van der Waals surface area contributed by atoms with Crippen LogP contribution in [0.4, 0.5) is 21.0 Å². The van der Waals surface area contributed by atoms with E-state index in [0.29, 0.717) is 32.7 Å². The Bertz CT molecular complexity index is 2340. The van der Waals surface area contributed by atoms with E-state index in [9.17, 15) is 48.3 Å². The maximum absolute atomic E-state index is 13.3. The van der Waals surface area contributed by atoms with Crippen molar-refractivity contribution in [2.75, 3.05) is 69.1 Å². The summed E-state index contributed by atoms with van der Waals surface area (Å²) in [5.74, 6) is -2.14. The fourth-order valence-corrected chi connectivity index (χ4v) is 8.27. The van der Waals surface area contributed by atoms with Gasteiger partial charge in [-0.2, -0.15) is 9.80 Å². The van der Waals surface area contributed by atoms with Gasteiger partial charge in [-0.3, -0.25) is 33.6 Å². The summed E-state index contributed by atoms with van der Waals surface area (Å²) in [6.45, 7) is 14.0. The van der Waals surface area contributed by atoms with E-state index >= 15 is 0 Å². The van der Waals surface area contributed by atoms with Crippen molar-refractivity contribution in [2.24, 2.45) is 10.8 Å². The van der Waals surface area contributed by atoms with Crippen LogP contribution in [-0.4, -0.2) is 173 Å². The second kappa shape index (κ2) is 25.9. The number of imide groups is 6. The van der Waals surface area contributed by atoms with Crippen LogP contribution in [-0.2, 0) is 52.5 Å². The third kappa shape index (κ3) is 16.7. The number of carbonyl (C=O) groups is 9. The minimum Gasteiger partial charge on any atom is -1.00 e. The van der Waals surface area contributed by atoms with E-state index in [-0.39, 0.29) is 163 Å². The number of hydrogen-bond donors (Lipinski definition) is 2. The molecule has 3 unspecified atom stereocenters. The molecule has 2 spiro atoms. The first kappa shape index (κ1) is 62.3. The Balaban J connectivity index is 0.000000489. The first-order valence-corrected chi connectivity index (χ1v) is 23.4. The molecular weight excluding hydrogens is 1030 g/mol. The fraction of sp³-hybridized carbons (Fsp3) is 0.580. The zero-order valence-corrected chi connectivity index (χ0v) is 45.8. The van der Waals surface area contributed by atoms with Gasteiger partial charge in [-0.25, -0.2) is 9.59 Å². The second-order valence-electron chi connectivity index (χ2n) is 20.4. The van der Waals surface area contributed by atoms with Crippen molar-refractivity contribution < 1.29 is 100 Å². The molecule has 3 atom stereocenters. The number of carbonyl (C=O) groups excluding carboxylic acids is 9. The Morgan fingerprint density at radius 3 is 1.36 bits per heavy atom. The van der Waals surface area contributed by atoms with Crippen LogP contribution in [0.25, 0.3) is 0 Å². The third-order valence-electron chi connectivity index (χ3n) is 11.8. The molecule has 0 aliphatic carbocycles. The number of hydrogen-bond acceptors (Lipinski definition) is 17. The molecule has 0 saturated carbocycles. The molecule has 4 fully saturated rings. The summed E-state index contributed by atoms with van der Waals surface area (Å²) in [4.78, 5) is 117. The summed E-state index contributed by atoms with van der Waals surface area (Å²) in [7, 11) is 0. The molecule has 4 aliphatic heterocycles. The van der Waals surface area contributed by atoms with Crippen molar-refractivity contribution in [3.63, 3.8) is 0 Å². The topological polar surface area (TPSA) is 262 Å².